The molecule has 1 heterocycles. The molecule has 4 saturated carbocycles. The third kappa shape index (κ3) is 5.11. The molecular formula is C44H36N4. The SMILES string of the molecule is N#Cc1ccc(-c2nc(-c3ccccc3)nc(-c3ccccc3)n2)c(-c2ccccc2-c2ccc(C34C[C@H]5C[C@H](C3)C[C@@H](C4)C5)cc2)c1. The Morgan fingerprint density at radius 2 is 1.00 bits per heavy atom. The maximum Gasteiger partial charge on any atom is 0.164 e. The molecule has 48 heavy (non-hydrogen) atoms. The molecule has 4 bridgehead atoms. The zero-order chi connectivity index (χ0) is 32.1. The van der Waals surface area contributed by atoms with Crippen molar-refractivity contribution in [2.75, 3.05) is 0 Å². The highest BCUT2D eigenvalue weighted by Gasteiger charge is 2.51. The third-order valence-corrected chi connectivity index (χ3v) is 11.2. The van der Waals surface area contributed by atoms with Crippen molar-refractivity contribution in [3.63, 3.8) is 0 Å². The van der Waals surface area contributed by atoms with Crippen molar-refractivity contribution < 1.29 is 0 Å². The molecule has 0 saturated heterocycles. The Kier molecular flexibility index (Phi) is 7.01. The molecule has 5 aromatic carbocycles. The second kappa shape index (κ2) is 11.7. The number of nitriles is 1. The molecule has 4 aliphatic rings. The van der Waals surface area contributed by atoms with Crippen molar-refractivity contribution in [3.8, 4) is 62.5 Å². The van der Waals surface area contributed by atoms with Crippen molar-refractivity contribution in [1.29, 1.82) is 5.26 Å². The van der Waals surface area contributed by atoms with Crippen LogP contribution in [0.3, 0.4) is 0 Å². The summed E-state index contributed by atoms with van der Waals surface area (Å²) in [7, 11) is 0. The Hall–Kier alpha value is -5.40. The number of rotatable bonds is 6. The van der Waals surface area contributed by atoms with E-state index in [1.165, 1.54) is 49.7 Å². The van der Waals surface area contributed by atoms with E-state index >= 15 is 0 Å². The molecule has 10 rings (SSSR count). The minimum atomic E-state index is 0.368. The van der Waals surface area contributed by atoms with Crippen LogP contribution in [0.5, 0.6) is 0 Å². The van der Waals surface area contributed by atoms with Crippen LogP contribution in [0.15, 0.2) is 127 Å². The van der Waals surface area contributed by atoms with Crippen LogP contribution in [-0.2, 0) is 5.41 Å². The molecule has 0 spiro atoms. The van der Waals surface area contributed by atoms with Gasteiger partial charge in [-0.25, -0.2) is 15.0 Å². The first-order chi connectivity index (χ1) is 23.6. The number of aromatic nitrogens is 3. The summed E-state index contributed by atoms with van der Waals surface area (Å²) in [6, 6.07) is 46.3. The van der Waals surface area contributed by atoms with Crippen molar-refractivity contribution in [1.82, 2.24) is 15.0 Å². The van der Waals surface area contributed by atoms with Crippen molar-refractivity contribution in [3.05, 3.63) is 139 Å². The van der Waals surface area contributed by atoms with Gasteiger partial charge in [0.15, 0.2) is 17.5 Å². The molecule has 1 aromatic heterocycles. The van der Waals surface area contributed by atoms with Crippen LogP contribution in [0.4, 0.5) is 0 Å². The molecule has 0 atom stereocenters. The molecule has 4 nitrogen and oxygen atoms in total. The lowest BCUT2D eigenvalue weighted by atomic mass is 9.48. The minimum Gasteiger partial charge on any atom is -0.208 e. The summed E-state index contributed by atoms with van der Waals surface area (Å²) in [5.41, 5.74) is 9.50. The Balaban J connectivity index is 1.16. The first-order valence-corrected chi connectivity index (χ1v) is 17.3. The maximum atomic E-state index is 10.00. The normalized spacial score (nSPS) is 22.4. The molecule has 6 aromatic rings. The van der Waals surface area contributed by atoms with E-state index in [0.717, 1.165) is 51.1 Å². The Morgan fingerprint density at radius 3 is 1.56 bits per heavy atom. The molecule has 232 valence electrons. The van der Waals surface area contributed by atoms with E-state index in [1.807, 2.05) is 78.9 Å². The summed E-state index contributed by atoms with van der Waals surface area (Å²) < 4.78 is 0. The van der Waals surface area contributed by atoms with E-state index in [4.69, 9.17) is 15.0 Å². The highest BCUT2D eigenvalue weighted by atomic mass is 15.0. The Morgan fingerprint density at radius 1 is 0.479 bits per heavy atom. The average Bonchev–Trinajstić information content (AvgIpc) is 3.14. The van der Waals surface area contributed by atoms with Gasteiger partial charge in [-0.15, -0.1) is 0 Å². The summed E-state index contributed by atoms with van der Waals surface area (Å²) in [5.74, 6) is 4.56. The van der Waals surface area contributed by atoms with E-state index in [1.54, 1.807) is 0 Å². The van der Waals surface area contributed by atoms with E-state index in [0.29, 0.717) is 28.5 Å². The van der Waals surface area contributed by atoms with E-state index in [2.05, 4.69) is 54.6 Å². The monoisotopic (exact) mass is 620 g/mol. The van der Waals surface area contributed by atoms with Gasteiger partial charge in [0.2, 0.25) is 0 Å². The lowest BCUT2D eigenvalue weighted by Gasteiger charge is -2.57. The molecule has 0 unspecified atom stereocenters. The van der Waals surface area contributed by atoms with Crippen molar-refractivity contribution in [2.24, 2.45) is 17.8 Å². The predicted molar refractivity (Wildman–Crippen MR) is 192 cm³/mol. The highest BCUT2D eigenvalue weighted by molar-refractivity contribution is 5.91. The molecule has 4 heteroatoms. The number of hydrogen-bond donors (Lipinski definition) is 0. The van der Waals surface area contributed by atoms with Gasteiger partial charge in [0, 0.05) is 16.7 Å². The highest BCUT2D eigenvalue weighted by Crippen LogP contribution is 2.60. The topological polar surface area (TPSA) is 62.5 Å². The minimum absolute atomic E-state index is 0.368. The number of hydrogen-bond acceptors (Lipinski definition) is 4. The summed E-state index contributed by atoms with van der Waals surface area (Å²) in [4.78, 5) is 15.0. The zero-order valence-corrected chi connectivity index (χ0v) is 26.9. The first-order valence-electron chi connectivity index (χ1n) is 17.3. The molecule has 0 aliphatic heterocycles. The molecular weight excluding hydrogens is 585 g/mol. The fourth-order valence-corrected chi connectivity index (χ4v) is 9.40. The van der Waals surface area contributed by atoms with Gasteiger partial charge >= 0.3 is 0 Å². The molecule has 4 fully saturated rings. The third-order valence-electron chi connectivity index (χ3n) is 11.2. The van der Waals surface area contributed by atoms with Gasteiger partial charge < -0.3 is 0 Å². The summed E-state index contributed by atoms with van der Waals surface area (Å²) in [6.45, 7) is 0. The van der Waals surface area contributed by atoms with Crippen LogP contribution >= 0.6 is 0 Å². The largest absolute Gasteiger partial charge is 0.208 e. The van der Waals surface area contributed by atoms with Crippen molar-refractivity contribution >= 4 is 0 Å². The Labute approximate surface area is 282 Å². The van der Waals surface area contributed by atoms with Gasteiger partial charge in [0.05, 0.1) is 11.6 Å². The second-order valence-electron chi connectivity index (χ2n) is 14.2. The van der Waals surface area contributed by atoms with E-state index < -0.39 is 0 Å². The van der Waals surface area contributed by atoms with Crippen LogP contribution in [0, 0.1) is 29.1 Å². The lowest BCUT2D eigenvalue weighted by Crippen LogP contribution is -2.48. The molecule has 0 radical (unpaired) electrons. The molecule has 0 N–H and O–H groups in total. The van der Waals surface area contributed by atoms with Crippen LogP contribution in [0.25, 0.3) is 56.4 Å². The fourth-order valence-electron chi connectivity index (χ4n) is 9.40. The standard InChI is InChI=1S/C44H36N4/c45-28-29-15-20-39(43-47-41(34-9-3-1-4-10-34)46-42(48-43)35-11-5-2-6-12-35)40(24-29)38-14-8-7-13-37(38)33-16-18-36(19-17-33)44-25-30-21-31(26-44)23-32(22-30)27-44/h1-20,24,30-32H,21-23,25-27H2/t30-,31-,32-,44?. The van der Waals surface area contributed by atoms with Crippen LogP contribution in [0.1, 0.15) is 49.7 Å². The van der Waals surface area contributed by atoms with Crippen LogP contribution < -0.4 is 0 Å². The van der Waals surface area contributed by atoms with Gasteiger partial charge in [0.25, 0.3) is 0 Å². The van der Waals surface area contributed by atoms with Gasteiger partial charge in [0.1, 0.15) is 0 Å². The zero-order valence-electron chi connectivity index (χ0n) is 26.9. The van der Waals surface area contributed by atoms with Crippen LogP contribution in [0.2, 0.25) is 0 Å². The van der Waals surface area contributed by atoms with Gasteiger partial charge in [-0.1, -0.05) is 109 Å². The summed E-state index contributed by atoms with van der Waals surface area (Å²) >= 11 is 0. The summed E-state index contributed by atoms with van der Waals surface area (Å²) in [5, 5.41) is 10.00. The first kappa shape index (κ1) is 28.8. The molecule has 4 aliphatic carbocycles. The van der Waals surface area contributed by atoms with E-state index in [9.17, 15) is 5.26 Å². The van der Waals surface area contributed by atoms with E-state index in [-0.39, 0.29) is 0 Å². The summed E-state index contributed by atoms with van der Waals surface area (Å²) in [6.07, 6.45) is 8.45. The maximum absolute atomic E-state index is 10.00. The van der Waals surface area contributed by atoms with Gasteiger partial charge in [-0.05, 0) is 108 Å². The second-order valence-corrected chi connectivity index (χ2v) is 14.2. The van der Waals surface area contributed by atoms with Crippen molar-refractivity contribution in [2.45, 2.75) is 43.9 Å². The van der Waals surface area contributed by atoms with Gasteiger partial charge in [-0.3, -0.25) is 0 Å². The predicted octanol–water partition coefficient (Wildman–Crippen LogP) is 10.5. The molecule has 0 amide bonds. The smallest absolute Gasteiger partial charge is 0.164 e. The fraction of sp³-hybridized carbons (Fsp3) is 0.227. The Bertz CT molecular complexity index is 2070. The quantitative estimate of drug-likeness (QED) is 0.186. The van der Waals surface area contributed by atoms with Gasteiger partial charge in [-0.2, -0.15) is 5.26 Å². The lowest BCUT2D eigenvalue weighted by molar-refractivity contribution is -0.00518. The average molecular weight is 621 g/mol. The number of nitrogens with zero attached hydrogens (tertiary/aromatic N) is 4. The number of benzene rings is 5. The van der Waals surface area contributed by atoms with Crippen LogP contribution in [-0.4, -0.2) is 15.0 Å².